The van der Waals surface area contributed by atoms with Gasteiger partial charge in [-0.15, -0.1) is 0 Å². The van der Waals surface area contributed by atoms with Crippen LogP contribution in [-0.2, 0) is 66.7 Å². The van der Waals surface area contributed by atoms with Crippen LogP contribution in [0.4, 0.5) is 0 Å². The van der Waals surface area contributed by atoms with Crippen molar-refractivity contribution in [2.24, 2.45) is 50.2 Å². The highest BCUT2D eigenvalue weighted by atomic mass is 16.8. The van der Waals surface area contributed by atoms with Gasteiger partial charge in [-0.2, -0.15) is 0 Å². The van der Waals surface area contributed by atoms with Crippen molar-refractivity contribution < 1.29 is 108 Å². The van der Waals surface area contributed by atoms with Crippen LogP contribution in [0.25, 0.3) is 0 Å². The van der Waals surface area contributed by atoms with Crippen molar-refractivity contribution in [3.63, 3.8) is 0 Å². The molecule has 25 nitrogen and oxygen atoms in total. The third kappa shape index (κ3) is 10.8. The summed E-state index contributed by atoms with van der Waals surface area (Å²) in [5.41, 5.74) is -2.61. The maximum atomic E-state index is 15.3. The van der Waals surface area contributed by atoms with Gasteiger partial charge < -0.3 is 90.0 Å². The quantitative estimate of drug-likeness (QED) is 0.0450. The van der Waals surface area contributed by atoms with Gasteiger partial charge in [0.05, 0.1) is 47.3 Å². The average molecular weight is 1130 g/mol. The van der Waals surface area contributed by atoms with Crippen LogP contribution in [0.1, 0.15) is 106 Å². The Kier molecular flexibility index (Phi) is 18.3. The molecule has 446 valence electrons. The zero-order valence-corrected chi connectivity index (χ0v) is 46.7. The van der Waals surface area contributed by atoms with Crippen LogP contribution in [-0.4, -0.2) is 209 Å². The Morgan fingerprint density at radius 2 is 1.13 bits per heavy atom. The Bertz CT molecular complexity index is 2370. The van der Waals surface area contributed by atoms with E-state index in [2.05, 4.69) is 53.1 Å². The van der Waals surface area contributed by atoms with Crippen molar-refractivity contribution in [1.29, 1.82) is 0 Å². The van der Waals surface area contributed by atoms with Crippen LogP contribution in [0.5, 0.6) is 0 Å². The second-order valence-corrected chi connectivity index (χ2v) is 24.9. The maximum Gasteiger partial charge on any atom is 0.330 e. The summed E-state index contributed by atoms with van der Waals surface area (Å²) in [5.74, 6) is -6.54. The largest absolute Gasteiger partial charge is 0.467 e. The zero-order valence-electron chi connectivity index (χ0n) is 46.7. The molecule has 7 aliphatic rings. The van der Waals surface area contributed by atoms with Gasteiger partial charge in [0.25, 0.3) is 11.8 Å². The predicted molar refractivity (Wildman–Crippen MR) is 270 cm³/mol. The van der Waals surface area contributed by atoms with E-state index in [0.29, 0.717) is 38.5 Å². The SMILES string of the molecule is COC(=O)[C@@H](CO)NC(=O)C1OC(OC2C(O[C@@H]3CC[C@@]4(C)C(CC[C@]5(C)[C@@H]4C(=O)C=C4[C@H]6C[C@@](C)(C(=O)N[C@H](CO)C(=O)OC)CC[C@]6(C)CC[C@]45C)C3(C)C)OC(C(=O)N[C@H](CO)C(=O)OC)C(O)C2O)C(O)C(O)C1O. The first-order valence-corrected chi connectivity index (χ1v) is 27.2. The van der Waals surface area contributed by atoms with Crippen LogP contribution >= 0.6 is 0 Å². The highest BCUT2D eigenvalue weighted by molar-refractivity contribution is 5.96. The lowest BCUT2D eigenvalue weighted by Crippen LogP contribution is -2.69. The summed E-state index contributed by atoms with van der Waals surface area (Å²) in [5, 5.41) is 93.1. The number of aliphatic hydroxyl groups is 8. The molecule has 25 heteroatoms. The summed E-state index contributed by atoms with van der Waals surface area (Å²) in [6.07, 6.45) is -14.5. The number of hydrogen-bond donors (Lipinski definition) is 11. The summed E-state index contributed by atoms with van der Waals surface area (Å²) in [6, 6.07) is -4.49. The number of rotatable bonds is 16. The standard InChI is InChI=1S/C54H83N3O22/c1-49(2)30-11-14-54(7)40(29(61)19-24-25-20-51(4,48(72)57-28(23-60)45(71)75-10)16-15-50(25,3)17-18-53(24,54)6)52(30,5)13-12-31(49)76-47-39(35(65)34(64)38(78-47)42(68)56-27(22-59)44(70)74-9)79-46-36(66)32(62)33(63)37(77-46)41(67)55-26(21-58)43(69)73-8/h19,25-28,30-40,46-47,58-60,62-66H,11-18,20-23H2,1-10H3,(H,55,67)(H,56,68)(H,57,72)/t25-,26-,27-,28-,30?,31-,32?,33?,34?,35?,36?,37?,38?,39?,40-,46?,47?,50-,51+,52+,53-,54-/m1/s1. The molecule has 0 aromatic heterocycles. The minimum atomic E-state index is -2.18. The van der Waals surface area contributed by atoms with E-state index in [1.165, 1.54) is 7.11 Å². The van der Waals surface area contributed by atoms with Gasteiger partial charge in [0.2, 0.25) is 5.91 Å². The fourth-order valence-electron chi connectivity index (χ4n) is 15.2. The van der Waals surface area contributed by atoms with Gasteiger partial charge in [0, 0.05) is 11.3 Å². The number of allylic oxidation sites excluding steroid dienone is 2. The number of hydrogen-bond acceptors (Lipinski definition) is 22. The third-order valence-corrected chi connectivity index (χ3v) is 20.2. The van der Waals surface area contributed by atoms with E-state index in [-0.39, 0.29) is 35.4 Å². The number of carbonyl (C=O) groups is 7. The molecule has 2 aliphatic heterocycles. The van der Waals surface area contributed by atoms with E-state index < -0.39 is 168 Å². The Balaban J connectivity index is 1.18. The summed E-state index contributed by atoms with van der Waals surface area (Å²) < 4.78 is 38.7. The van der Waals surface area contributed by atoms with E-state index in [0.717, 1.165) is 32.6 Å². The molecule has 11 N–H and O–H groups in total. The first-order chi connectivity index (χ1) is 36.9. The smallest absolute Gasteiger partial charge is 0.330 e. The van der Waals surface area contributed by atoms with Gasteiger partial charge in [-0.05, 0) is 103 Å². The number of carbonyl (C=O) groups excluding carboxylic acids is 7. The number of ether oxygens (including phenoxy) is 7. The van der Waals surface area contributed by atoms with Gasteiger partial charge >= 0.3 is 17.9 Å². The zero-order chi connectivity index (χ0) is 58.7. The summed E-state index contributed by atoms with van der Waals surface area (Å²) in [6.45, 7) is 12.2. The molecular weight excluding hydrogens is 1040 g/mol. The molecule has 4 saturated carbocycles. The second-order valence-electron chi connectivity index (χ2n) is 24.9. The molecule has 0 radical (unpaired) electrons. The van der Waals surface area contributed by atoms with Crippen LogP contribution in [0.2, 0.25) is 0 Å². The van der Waals surface area contributed by atoms with Gasteiger partial charge in [0.1, 0.15) is 36.6 Å². The molecule has 11 unspecified atom stereocenters. The van der Waals surface area contributed by atoms with E-state index in [9.17, 15) is 69.6 Å². The lowest BCUT2D eigenvalue weighted by molar-refractivity contribution is -0.369. The normalized spacial score (nSPS) is 42.6. The summed E-state index contributed by atoms with van der Waals surface area (Å²) >= 11 is 0. The second kappa shape index (κ2) is 23.2. The predicted octanol–water partition coefficient (Wildman–Crippen LogP) is -2.06. The molecule has 5 aliphatic carbocycles. The molecular formula is C54H83N3O22. The van der Waals surface area contributed by atoms with Crippen molar-refractivity contribution in [2.45, 2.75) is 192 Å². The van der Waals surface area contributed by atoms with Gasteiger partial charge in [-0.25, -0.2) is 14.4 Å². The van der Waals surface area contributed by atoms with Gasteiger partial charge in [-0.1, -0.05) is 54.0 Å². The molecule has 0 aromatic carbocycles. The number of amides is 3. The van der Waals surface area contributed by atoms with Crippen molar-refractivity contribution >= 4 is 41.4 Å². The van der Waals surface area contributed by atoms with E-state index >= 15 is 4.79 Å². The summed E-state index contributed by atoms with van der Waals surface area (Å²) in [7, 11) is 3.20. The van der Waals surface area contributed by atoms with Crippen LogP contribution < -0.4 is 16.0 Å². The van der Waals surface area contributed by atoms with E-state index in [4.69, 9.17) is 23.7 Å². The van der Waals surface area contributed by atoms with Crippen molar-refractivity contribution in [1.82, 2.24) is 16.0 Å². The molecule has 79 heavy (non-hydrogen) atoms. The molecule has 0 bridgehead atoms. The fraction of sp³-hybridized carbons (Fsp3) is 0.833. The third-order valence-electron chi connectivity index (χ3n) is 20.2. The number of ketones is 1. The molecule has 6 fully saturated rings. The first-order valence-electron chi connectivity index (χ1n) is 27.2. The van der Waals surface area contributed by atoms with Crippen molar-refractivity contribution in [2.75, 3.05) is 41.2 Å². The Morgan fingerprint density at radius 1 is 0.620 bits per heavy atom. The van der Waals surface area contributed by atoms with Crippen molar-refractivity contribution in [3.05, 3.63) is 11.6 Å². The lowest BCUT2D eigenvalue weighted by Gasteiger charge is -2.70. The topological polar surface area (TPSA) is 382 Å². The molecule has 2 heterocycles. The van der Waals surface area contributed by atoms with Crippen molar-refractivity contribution in [3.8, 4) is 0 Å². The Hall–Kier alpha value is -4.25. The average Bonchev–Trinajstić information content (AvgIpc) is 1.97. The first kappa shape index (κ1) is 62.4. The monoisotopic (exact) mass is 1130 g/mol. The minimum Gasteiger partial charge on any atom is -0.467 e. The number of methoxy groups -OCH3 is 3. The highest BCUT2D eigenvalue weighted by Crippen LogP contribution is 2.75. The molecule has 2 saturated heterocycles. The number of aliphatic hydroxyl groups excluding tert-OH is 8. The molecule has 22 atom stereocenters. The van der Waals surface area contributed by atoms with Crippen LogP contribution in [0.15, 0.2) is 11.6 Å². The maximum absolute atomic E-state index is 15.3. The lowest BCUT2D eigenvalue weighted by atomic mass is 9.33. The Morgan fingerprint density at radius 3 is 1.66 bits per heavy atom. The molecule has 7 rings (SSSR count). The highest BCUT2D eigenvalue weighted by Gasteiger charge is 2.71. The fourth-order valence-corrected chi connectivity index (χ4v) is 15.2. The Labute approximate surface area is 458 Å². The summed E-state index contributed by atoms with van der Waals surface area (Å²) in [4.78, 5) is 93.5. The van der Waals surface area contributed by atoms with E-state index in [1.807, 2.05) is 26.8 Å². The minimum absolute atomic E-state index is 0.0185. The molecule has 0 aromatic rings. The van der Waals surface area contributed by atoms with Gasteiger partial charge in [0.15, 0.2) is 48.7 Å². The van der Waals surface area contributed by atoms with E-state index in [1.54, 1.807) is 0 Å². The van der Waals surface area contributed by atoms with Crippen LogP contribution in [0.3, 0.4) is 0 Å². The van der Waals surface area contributed by atoms with Crippen LogP contribution in [0, 0.1) is 50.2 Å². The molecule has 3 amide bonds. The number of nitrogens with one attached hydrogen (secondary N) is 3. The number of esters is 3. The number of fused-ring (bicyclic) bond motifs is 7. The van der Waals surface area contributed by atoms with Gasteiger partial charge in [-0.3, -0.25) is 19.2 Å². The molecule has 0 spiro atoms.